The Morgan fingerprint density at radius 2 is 2.19 bits per heavy atom. The molecule has 1 aromatic heterocycles. The Hall–Kier alpha value is -2.42. The molecule has 0 aliphatic carbocycles. The largest absolute Gasteiger partial charge is 0.493 e. The standard InChI is InChI=1S/C7H7N3O5.H3N/c11-5-2-6(12)9-4(8-5)1-3(10-15)7(13)14;/h2,15H,1H2,(H,13,14)(H2,8,9,11,12);1H3/p+1/b10-3-;. The van der Waals surface area contributed by atoms with Gasteiger partial charge in [-0.1, -0.05) is 5.16 Å². The summed E-state index contributed by atoms with van der Waals surface area (Å²) in [6.45, 7) is 0. The van der Waals surface area contributed by atoms with Gasteiger partial charge in [0.15, 0.2) is 5.71 Å². The second-order valence-corrected chi connectivity index (χ2v) is 2.58. The van der Waals surface area contributed by atoms with E-state index >= 15 is 0 Å². The zero-order valence-corrected chi connectivity index (χ0v) is 8.34. The van der Waals surface area contributed by atoms with Crippen LogP contribution in [-0.4, -0.2) is 37.1 Å². The lowest BCUT2D eigenvalue weighted by Gasteiger charge is -1.99. The predicted molar refractivity (Wildman–Crippen MR) is 53.1 cm³/mol. The van der Waals surface area contributed by atoms with E-state index < -0.39 is 29.5 Å². The van der Waals surface area contributed by atoms with Gasteiger partial charge in [-0.2, -0.15) is 4.98 Å². The summed E-state index contributed by atoms with van der Waals surface area (Å²) in [5, 5.41) is 28.3. The number of oxime groups is 1. The Kier molecular flexibility index (Phi) is 4.63. The van der Waals surface area contributed by atoms with E-state index in [1.165, 1.54) is 0 Å². The normalized spacial score (nSPS) is 10.6. The Morgan fingerprint density at radius 3 is 2.62 bits per heavy atom. The molecular formula is C7H11N4O5+. The smallest absolute Gasteiger partial charge is 0.354 e. The van der Waals surface area contributed by atoms with Crippen molar-refractivity contribution in [3.05, 3.63) is 22.2 Å². The third-order valence-electron chi connectivity index (χ3n) is 1.48. The van der Waals surface area contributed by atoms with Crippen LogP contribution in [0.3, 0.4) is 0 Å². The van der Waals surface area contributed by atoms with Crippen LogP contribution < -0.4 is 11.7 Å². The molecule has 0 aromatic carbocycles. The molecule has 88 valence electrons. The summed E-state index contributed by atoms with van der Waals surface area (Å²) in [7, 11) is 0. The number of carboxylic acids is 1. The first-order chi connectivity index (χ1) is 7.02. The molecule has 0 radical (unpaired) electrons. The Balaban J connectivity index is 0.00000225. The summed E-state index contributed by atoms with van der Waals surface area (Å²) in [6.07, 6.45) is -0.393. The minimum Gasteiger partial charge on any atom is -0.493 e. The first kappa shape index (κ1) is 13.6. The molecule has 0 amide bonds. The summed E-state index contributed by atoms with van der Waals surface area (Å²) in [5.41, 5.74) is -1.22. The third-order valence-corrected chi connectivity index (χ3v) is 1.48. The van der Waals surface area contributed by atoms with Gasteiger partial charge in [0.05, 0.1) is 12.5 Å². The van der Waals surface area contributed by atoms with E-state index in [1.807, 2.05) is 0 Å². The van der Waals surface area contributed by atoms with E-state index in [0.29, 0.717) is 0 Å². The molecule has 0 aliphatic rings. The van der Waals surface area contributed by atoms with Gasteiger partial charge in [0.1, 0.15) is 5.82 Å². The number of aromatic nitrogens is 2. The molecule has 0 saturated carbocycles. The van der Waals surface area contributed by atoms with Gasteiger partial charge in [0.25, 0.3) is 5.56 Å². The Labute approximate surface area is 88.7 Å². The lowest BCUT2D eigenvalue weighted by Crippen LogP contribution is -2.19. The molecule has 8 N–H and O–H groups in total. The summed E-state index contributed by atoms with van der Waals surface area (Å²) < 4.78 is 0. The average molecular weight is 231 g/mol. The zero-order valence-electron chi connectivity index (χ0n) is 8.34. The highest BCUT2D eigenvalue weighted by Gasteiger charge is 2.13. The minimum atomic E-state index is -1.44. The second-order valence-electron chi connectivity index (χ2n) is 2.58. The van der Waals surface area contributed by atoms with Crippen molar-refractivity contribution in [2.75, 3.05) is 0 Å². The van der Waals surface area contributed by atoms with Crippen molar-refractivity contribution in [1.29, 1.82) is 0 Å². The van der Waals surface area contributed by atoms with E-state index in [9.17, 15) is 9.59 Å². The van der Waals surface area contributed by atoms with Crippen LogP contribution in [0.1, 0.15) is 5.82 Å². The highest BCUT2D eigenvalue weighted by molar-refractivity contribution is 6.35. The van der Waals surface area contributed by atoms with Gasteiger partial charge in [-0.15, -0.1) is 0 Å². The topological polar surface area (TPSA) is 172 Å². The first-order valence-electron chi connectivity index (χ1n) is 3.76. The lowest BCUT2D eigenvalue weighted by molar-refractivity contribution is -0.129. The molecule has 0 saturated heterocycles. The van der Waals surface area contributed by atoms with Gasteiger partial charge in [0, 0.05) is 0 Å². The average Bonchev–Trinajstić information content (AvgIpc) is 2.12. The van der Waals surface area contributed by atoms with Crippen molar-refractivity contribution in [3.8, 4) is 5.88 Å². The van der Waals surface area contributed by atoms with Gasteiger partial charge >= 0.3 is 5.97 Å². The number of H-pyrrole nitrogens is 1. The Bertz CT molecular complexity index is 466. The zero-order chi connectivity index (χ0) is 11.4. The van der Waals surface area contributed by atoms with Crippen LogP contribution in [0.4, 0.5) is 0 Å². The fourth-order valence-electron chi connectivity index (χ4n) is 0.890. The van der Waals surface area contributed by atoms with Gasteiger partial charge < -0.3 is 26.6 Å². The monoisotopic (exact) mass is 231 g/mol. The van der Waals surface area contributed by atoms with E-state index in [1.54, 1.807) is 0 Å². The van der Waals surface area contributed by atoms with Crippen LogP contribution in [0.5, 0.6) is 5.88 Å². The number of nitrogens with zero attached hydrogens (tertiary/aromatic N) is 2. The number of rotatable bonds is 3. The van der Waals surface area contributed by atoms with Crippen molar-refractivity contribution >= 4 is 11.7 Å². The molecule has 9 heteroatoms. The molecule has 0 fully saturated rings. The van der Waals surface area contributed by atoms with Gasteiger partial charge in [0.2, 0.25) is 5.88 Å². The van der Waals surface area contributed by atoms with E-state index in [0.717, 1.165) is 6.07 Å². The summed E-state index contributed by atoms with van der Waals surface area (Å²) in [4.78, 5) is 26.9. The maximum absolute atomic E-state index is 10.8. The van der Waals surface area contributed by atoms with Crippen LogP contribution in [0.15, 0.2) is 16.0 Å². The van der Waals surface area contributed by atoms with Crippen LogP contribution in [0.25, 0.3) is 0 Å². The van der Waals surface area contributed by atoms with Crippen LogP contribution in [0.2, 0.25) is 0 Å². The molecule has 0 bridgehead atoms. The summed E-state index contributed by atoms with van der Waals surface area (Å²) in [5.74, 6) is -2.07. The number of hydrogen-bond donors (Lipinski definition) is 5. The lowest BCUT2D eigenvalue weighted by atomic mass is 10.2. The van der Waals surface area contributed by atoms with Crippen molar-refractivity contribution < 1.29 is 20.2 Å². The van der Waals surface area contributed by atoms with Crippen molar-refractivity contribution in [2.45, 2.75) is 6.42 Å². The van der Waals surface area contributed by atoms with Gasteiger partial charge in [-0.3, -0.25) is 4.79 Å². The third kappa shape index (κ3) is 3.38. The summed E-state index contributed by atoms with van der Waals surface area (Å²) in [6, 6.07) is 0.833. The molecular weight excluding hydrogens is 220 g/mol. The molecule has 0 unspecified atom stereocenters. The van der Waals surface area contributed by atoms with Crippen molar-refractivity contribution in [2.24, 2.45) is 5.16 Å². The molecule has 9 nitrogen and oxygen atoms in total. The number of carboxylic acid groups (broad SMARTS) is 1. The van der Waals surface area contributed by atoms with Crippen molar-refractivity contribution in [1.82, 2.24) is 16.1 Å². The number of nitrogens with one attached hydrogen (secondary N) is 1. The quantitative estimate of drug-likeness (QED) is 0.261. The highest BCUT2D eigenvalue weighted by Crippen LogP contribution is 1.99. The van der Waals surface area contributed by atoms with Gasteiger partial charge in [-0.25, -0.2) is 4.79 Å². The van der Waals surface area contributed by atoms with E-state index in [2.05, 4.69) is 15.1 Å². The van der Waals surface area contributed by atoms with Crippen molar-refractivity contribution in [3.63, 3.8) is 0 Å². The van der Waals surface area contributed by atoms with Gasteiger partial charge in [-0.05, 0) is 0 Å². The molecule has 1 aromatic rings. The van der Waals surface area contributed by atoms with Crippen LogP contribution in [0, 0.1) is 0 Å². The Morgan fingerprint density at radius 1 is 1.56 bits per heavy atom. The first-order valence-corrected chi connectivity index (χ1v) is 3.76. The maximum atomic E-state index is 10.8. The molecule has 0 aliphatic heterocycles. The fraction of sp³-hybridized carbons (Fsp3) is 0.143. The number of quaternary nitrogens is 1. The van der Waals surface area contributed by atoms with E-state index in [4.69, 9.17) is 15.4 Å². The number of aromatic hydroxyl groups is 1. The molecule has 0 spiro atoms. The van der Waals surface area contributed by atoms with Crippen LogP contribution in [-0.2, 0) is 11.2 Å². The predicted octanol–water partition coefficient (Wildman–Crippen LogP) is -0.691. The summed E-state index contributed by atoms with van der Waals surface area (Å²) >= 11 is 0. The highest BCUT2D eigenvalue weighted by atomic mass is 16.4. The SMILES string of the molecule is O=C(O)/C(Cc1nc(O)cc(=O)[nH]1)=N\O.[NH4+]. The maximum Gasteiger partial charge on any atom is 0.354 e. The number of aliphatic carboxylic acids is 1. The molecule has 1 rings (SSSR count). The number of hydrogen-bond acceptors (Lipinski definition) is 6. The minimum absolute atomic E-state index is 0. The molecule has 0 atom stereocenters. The second kappa shape index (κ2) is 5.46. The fourth-order valence-corrected chi connectivity index (χ4v) is 0.890. The number of carbonyl (C=O) groups is 1. The van der Waals surface area contributed by atoms with E-state index in [-0.39, 0.29) is 12.0 Å². The molecule has 16 heavy (non-hydrogen) atoms. The molecule has 1 heterocycles. The number of aromatic amines is 1. The van der Waals surface area contributed by atoms with Crippen LogP contribution >= 0.6 is 0 Å².